The summed E-state index contributed by atoms with van der Waals surface area (Å²) in [5.74, 6) is -0.0223. The van der Waals surface area contributed by atoms with Crippen LogP contribution in [0.15, 0.2) is 24.3 Å². The standard InChI is InChI=1S/C18H27N3O2/c1-2-20-9-11-21(12-10-20)14-15-5-7-16(8-6-15)19-18(22)17-4-3-13-23-17/h5-8,17H,2-4,9-14H2,1H3,(H,19,22)/t17-/m1/s1. The van der Waals surface area contributed by atoms with Gasteiger partial charge in [-0.3, -0.25) is 9.69 Å². The van der Waals surface area contributed by atoms with Gasteiger partial charge >= 0.3 is 0 Å². The fourth-order valence-electron chi connectivity index (χ4n) is 3.22. The minimum atomic E-state index is -0.274. The molecule has 0 bridgehead atoms. The number of benzene rings is 1. The van der Waals surface area contributed by atoms with Crippen LogP contribution in [0.1, 0.15) is 25.3 Å². The number of hydrogen-bond donors (Lipinski definition) is 1. The Balaban J connectivity index is 1.48. The molecule has 2 fully saturated rings. The van der Waals surface area contributed by atoms with Crippen molar-refractivity contribution < 1.29 is 9.53 Å². The van der Waals surface area contributed by atoms with Gasteiger partial charge in [0.15, 0.2) is 0 Å². The molecule has 0 radical (unpaired) electrons. The highest BCUT2D eigenvalue weighted by atomic mass is 16.5. The third-order valence-electron chi connectivity index (χ3n) is 4.76. The molecule has 126 valence electrons. The van der Waals surface area contributed by atoms with Gasteiger partial charge in [0.1, 0.15) is 6.10 Å². The molecular formula is C18H27N3O2. The second kappa shape index (κ2) is 7.90. The Hall–Kier alpha value is -1.43. The van der Waals surface area contributed by atoms with Gasteiger partial charge in [-0.1, -0.05) is 19.1 Å². The van der Waals surface area contributed by atoms with E-state index in [0.717, 1.165) is 57.8 Å². The zero-order valence-corrected chi connectivity index (χ0v) is 14.0. The molecular weight excluding hydrogens is 290 g/mol. The first-order chi connectivity index (χ1) is 11.2. The SMILES string of the molecule is CCN1CCN(Cc2ccc(NC(=O)[C@H]3CCCO3)cc2)CC1. The van der Waals surface area contributed by atoms with E-state index in [2.05, 4.69) is 34.2 Å². The van der Waals surface area contributed by atoms with E-state index in [9.17, 15) is 4.79 Å². The molecule has 5 heteroatoms. The average molecular weight is 317 g/mol. The van der Waals surface area contributed by atoms with Crippen LogP contribution in [0.5, 0.6) is 0 Å². The van der Waals surface area contributed by atoms with E-state index in [1.807, 2.05) is 12.1 Å². The van der Waals surface area contributed by atoms with Crippen molar-refractivity contribution >= 4 is 11.6 Å². The Morgan fingerprint density at radius 2 is 1.87 bits per heavy atom. The fourth-order valence-corrected chi connectivity index (χ4v) is 3.22. The maximum atomic E-state index is 12.0. The summed E-state index contributed by atoms with van der Waals surface area (Å²) in [6.07, 6.45) is 1.53. The number of piperazine rings is 1. The maximum Gasteiger partial charge on any atom is 0.253 e. The summed E-state index contributed by atoms with van der Waals surface area (Å²) in [7, 11) is 0. The molecule has 1 N–H and O–H groups in total. The van der Waals surface area contributed by atoms with Crippen LogP contribution in [0.2, 0.25) is 0 Å². The van der Waals surface area contributed by atoms with E-state index in [0.29, 0.717) is 6.61 Å². The van der Waals surface area contributed by atoms with Crippen molar-refractivity contribution in [3.05, 3.63) is 29.8 Å². The molecule has 1 aromatic carbocycles. The summed E-state index contributed by atoms with van der Waals surface area (Å²) in [5.41, 5.74) is 2.15. The largest absolute Gasteiger partial charge is 0.368 e. The number of rotatable bonds is 5. The van der Waals surface area contributed by atoms with Crippen LogP contribution in [-0.2, 0) is 16.1 Å². The molecule has 1 aromatic rings. The number of carbonyl (C=O) groups excluding carboxylic acids is 1. The van der Waals surface area contributed by atoms with Gasteiger partial charge in [0.2, 0.25) is 0 Å². The lowest BCUT2D eigenvalue weighted by atomic mass is 10.1. The predicted octanol–water partition coefficient (Wildman–Crippen LogP) is 1.94. The summed E-state index contributed by atoms with van der Waals surface area (Å²) in [4.78, 5) is 17.0. The number of carbonyl (C=O) groups is 1. The van der Waals surface area contributed by atoms with Crippen LogP contribution in [0.25, 0.3) is 0 Å². The van der Waals surface area contributed by atoms with Crippen molar-refractivity contribution in [2.24, 2.45) is 0 Å². The lowest BCUT2D eigenvalue weighted by Crippen LogP contribution is -2.45. The van der Waals surface area contributed by atoms with Crippen molar-refractivity contribution in [1.29, 1.82) is 0 Å². The van der Waals surface area contributed by atoms with Crippen molar-refractivity contribution in [3.63, 3.8) is 0 Å². The van der Waals surface area contributed by atoms with Gasteiger partial charge in [-0.25, -0.2) is 0 Å². The van der Waals surface area contributed by atoms with Gasteiger partial charge in [-0.2, -0.15) is 0 Å². The first-order valence-electron chi connectivity index (χ1n) is 8.70. The van der Waals surface area contributed by atoms with Gasteiger partial charge in [0.05, 0.1) is 0 Å². The van der Waals surface area contributed by atoms with Crippen LogP contribution in [0, 0.1) is 0 Å². The second-order valence-corrected chi connectivity index (χ2v) is 6.40. The quantitative estimate of drug-likeness (QED) is 0.901. The predicted molar refractivity (Wildman–Crippen MR) is 91.4 cm³/mol. The lowest BCUT2D eigenvalue weighted by molar-refractivity contribution is -0.124. The molecule has 0 aliphatic carbocycles. The van der Waals surface area contributed by atoms with Crippen molar-refractivity contribution in [3.8, 4) is 0 Å². The Morgan fingerprint density at radius 1 is 1.17 bits per heavy atom. The molecule has 2 aliphatic heterocycles. The number of hydrogen-bond acceptors (Lipinski definition) is 4. The first kappa shape index (κ1) is 16.4. The number of ether oxygens (including phenoxy) is 1. The number of anilines is 1. The number of nitrogens with zero attached hydrogens (tertiary/aromatic N) is 2. The van der Waals surface area contributed by atoms with E-state index in [4.69, 9.17) is 4.74 Å². The summed E-state index contributed by atoms with van der Waals surface area (Å²) in [6.45, 7) is 9.63. The molecule has 2 saturated heterocycles. The van der Waals surface area contributed by atoms with Gasteiger partial charge in [0.25, 0.3) is 5.91 Å². The summed E-state index contributed by atoms with van der Waals surface area (Å²) in [6, 6.07) is 8.20. The normalized spacial score (nSPS) is 23.1. The van der Waals surface area contributed by atoms with Crippen molar-refractivity contribution in [2.45, 2.75) is 32.4 Å². The Labute approximate surface area is 138 Å². The molecule has 0 saturated carbocycles. The molecule has 0 aromatic heterocycles. The smallest absolute Gasteiger partial charge is 0.253 e. The zero-order chi connectivity index (χ0) is 16.1. The minimum Gasteiger partial charge on any atom is -0.368 e. The Morgan fingerprint density at radius 3 is 2.48 bits per heavy atom. The van der Waals surface area contributed by atoms with Crippen LogP contribution < -0.4 is 5.32 Å². The molecule has 3 rings (SSSR count). The van der Waals surface area contributed by atoms with E-state index >= 15 is 0 Å². The monoisotopic (exact) mass is 317 g/mol. The third kappa shape index (κ3) is 4.53. The molecule has 0 unspecified atom stereocenters. The van der Waals surface area contributed by atoms with E-state index in [-0.39, 0.29) is 12.0 Å². The van der Waals surface area contributed by atoms with Gasteiger partial charge in [-0.05, 0) is 37.1 Å². The van der Waals surface area contributed by atoms with E-state index in [1.54, 1.807) is 0 Å². The zero-order valence-electron chi connectivity index (χ0n) is 14.0. The number of likely N-dealkylation sites (N-methyl/N-ethyl adjacent to an activating group) is 1. The van der Waals surface area contributed by atoms with E-state index < -0.39 is 0 Å². The van der Waals surface area contributed by atoms with Crippen LogP contribution in [0.4, 0.5) is 5.69 Å². The van der Waals surface area contributed by atoms with Crippen LogP contribution in [-0.4, -0.2) is 61.1 Å². The highest BCUT2D eigenvalue weighted by Crippen LogP contribution is 2.16. The molecule has 1 amide bonds. The molecule has 1 atom stereocenters. The number of amides is 1. The molecule has 2 aliphatic rings. The van der Waals surface area contributed by atoms with Crippen molar-refractivity contribution in [1.82, 2.24) is 9.80 Å². The minimum absolute atomic E-state index is 0.0223. The van der Waals surface area contributed by atoms with E-state index in [1.165, 1.54) is 5.56 Å². The van der Waals surface area contributed by atoms with Crippen LogP contribution in [0.3, 0.4) is 0 Å². The highest BCUT2D eigenvalue weighted by molar-refractivity contribution is 5.94. The first-order valence-corrected chi connectivity index (χ1v) is 8.70. The van der Waals surface area contributed by atoms with Crippen LogP contribution >= 0.6 is 0 Å². The third-order valence-corrected chi connectivity index (χ3v) is 4.76. The van der Waals surface area contributed by atoms with Gasteiger partial charge in [-0.15, -0.1) is 0 Å². The molecule has 23 heavy (non-hydrogen) atoms. The summed E-state index contributed by atoms with van der Waals surface area (Å²) >= 11 is 0. The molecule has 2 heterocycles. The second-order valence-electron chi connectivity index (χ2n) is 6.40. The van der Waals surface area contributed by atoms with Gasteiger partial charge < -0.3 is 15.0 Å². The Bertz CT molecular complexity index is 504. The summed E-state index contributed by atoms with van der Waals surface area (Å²) < 4.78 is 5.41. The molecule has 5 nitrogen and oxygen atoms in total. The number of nitrogens with one attached hydrogen (secondary N) is 1. The topological polar surface area (TPSA) is 44.8 Å². The fraction of sp³-hybridized carbons (Fsp3) is 0.611. The summed E-state index contributed by atoms with van der Waals surface area (Å²) in [5, 5.41) is 2.94. The molecule has 0 spiro atoms. The van der Waals surface area contributed by atoms with Crippen molar-refractivity contribution in [2.75, 3.05) is 44.6 Å². The van der Waals surface area contributed by atoms with Gasteiger partial charge in [0, 0.05) is 45.0 Å². The lowest BCUT2D eigenvalue weighted by Gasteiger charge is -2.34. The maximum absolute atomic E-state index is 12.0. The average Bonchev–Trinajstić information content (AvgIpc) is 3.12. The highest BCUT2D eigenvalue weighted by Gasteiger charge is 2.23. The Kier molecular flexibility index (Phi) is 5.65.